The summed E-state index contributed by atoms with van der Waals surface area (Å²) in [5.41, 5.74) is -0.0471. The van der Waals surface area contributed by atoms with Crippen molar-refractivity contribution in [3.8, 4) is 0 Å². The van der Waals surface area contributed by atoms with E-state index < -0.39 is 18.0 Å². The third kappa shape index (κ3) is 2.98. The average molecular weight is 360 g/mol. The zero-order valence-electron chi connectivity index (χ0n) is 13.1. The van der Waals surface area contributed by atoms with E-state index in [0.717, 1.165) is 11.8 Å². The number of thiocarbonyl (C=S) groups is 1. The summed E-state index contributed by atoms with van der Waals surface area (Å²) in [6, 6.07) is -0.345. The maximum absolute atomic E-state index is 12.2. The van der Waals surface area contributed by atoms with Gasteiger partial charge in [-0.15, -0.1) is 0 Å². The number of thioether (sulfide) groups is 1. The first-order valence-electron chi connectivity index (χ1n) is 7.24. The van der Waals surface area contributed by atoms with Gasteiger partial charge < -0.3 is 25.1 Å². The van der Waals surface area contributed by atoms with Crippen LogP contribution in [0.25, 0.3) is 0 Å². The Hall–Kier alpha value is -1.16. The lowest BCUT2D eigenvalue weighted by Crippen LogP contribution is -2.63. The lowest BCUT2D eigenvalue weighted by atomic mass is 9.79. The number of carbonyl (C=O) groups excluding carboxylic acids is 1. The Labute approximate surface area is 143 Å². The standard InChI is InChI=1S/C14H20N2O5S2/c1-6-9-8(7(2)18)12(19)16(9)10(13(20)21)11(6)23-14(22)15(3)4-5-17/h6-9,17-18H,4-5H2,1-3H3,(H,20,21)/t6-,7-,8-,9-/m1/s1. The second-order valence-corrected chi connectivity index (χ2v) is 7.46. The van der Waals surface area contributed by atoms with Crippen molar-refractivity contribution in [2.45, 2.75) is 26.0 Å². The molecule has 0 spiro atoms. The molecule has 2 heterocycles. The second-order valence-electron chi connectivity index (χ2n) is 5.79. The van der Waals surface area contributed by atoms with Gasteiger partial charge in [-0.25, -0.2) is 4.79 Å². The Morgan fingerprint density at radius 3 is 2.61 bits per heavy atom. The van der Waals surface area contributed by atoms with Crippen molar-refractivity contribution in [2.75, 3.05) is 20.2 Å². The van der Waals surface area contributed by atoms with Gasteiger partial charge in [0.05, 0.1) is 24.7 Å². The quantitative estimate of drug-likeness (QED) is 0.468. The number of nitrogens with zero attached hydrogens (tertiary/aromatic N) is 2. The maximum Gasteiger partial charge on any atom is 0.353 e. The molecule has 1 saturated heterocycles. The molecule has 0 aromatic carbocycles. The van der Waals surface area contributed by atoms with Gasteiger partial charge in [-0.3, -0.25) is 4.79 Å². The number of aliphatic carboxylic acids is 1. The number of likely N-dealkylation sites (N-methyl/N-ethyl adjacent to an activating group) is 1. The summed E-state index contributed by atoms with van der Waals surface area (Å²) in [4.78, 5) is 27.3. The monoisotopic (exact) mass is 360 g/mol. The predicted octanol–water partition coefficient (Wildman–Crippen LogP) is 0.0823. The van der Waals surface area contributed by atoms with E-state index in [9.17, 15) is 19.8 Å². The van der Waals surface area contributed by atoms with E-state index in [1.807, 2.05) is 6.92 Å². The topological polar surface area (TPSA) is 101 Å². The van der Waals surface area contributed by atoms with Crippen LogP contribution in [0.15, 0.2) is 10.6 Å². The summed E-state index contributed by atoms with van der Waals surface area (Å²) in [6.07, 6.45) is -0.824. The molecule has 0 aromatic heterocycles. The minimum absolute atomic E-state index is 0.0471. The Morgan fingerprint density at radius 2 is 2.13 bits per heavy atom. The number of aliphatic hydroxyl groups is 2. The highest BCUT2D eigenvalue weighted by Crippen LogP contribution is 2.50. The molecule has 0 saturated carbocycles. The van der Waals surface area contributed by atoms with E-state index in [1.54, 1.807) is 11.9 Å². The maximum atomic E-state index is 12.2. The van der Waals surface area contributed by atoms with Crippen LogP contribution < -0.4 is 0 Å². The van der Waals surface area contributed by atoms with Gasteiger partial charge in [0.1, 0.15) is 10.0 Å². The fourth-order valence-corrected chi connectivity index (χ4v) is 4.47. The fourth-order valence-electron chi connectivity index (χ4n) is 3.07. The lowest BCUT2D eigenvalue weighted by molar-refractivity contribution is -0.163. The van der Waals surface area contributed by atoms with Gasteiger partial charge in [-0.2, -0.15) is 0 Å². The molecule has 9 heteroatoms. The molecule has 0 radical (unpaired) electrons. The third-order valence-electron chi connectivity index (χ3n) is 4.26. The van der Waals surface area contributed by atoms with Gasteiger partial charge in [0.2, 0.25) is 5.91 Å². The van der Waals surface area contributed by atoms with Crippen molar-refractivity contribution in [3.63, 3.8) is 0 Å². The Balaban J connectivity index is 2.29. The summed E-state index contributed by atoms with van der Waals surface area (Å²) >= 11 is 6.41. The van der Waals surface area contributed by atoms with E-state index in [1.165, 1.54) is 11.8 Å². The summed E-state index contributed by atoms with van der Waals surface area (Å²) < 4.78 is 0.434. The predicted molar refractivity (Wildman–Crippen MR) is 89.5 cm³/mol. The number of rotatable bonds is 5. The van der Waals surface area contributed by atoms with Crippen molar-refractivity contribution in [1.29, 1.82) is 0 Å². The van der Waals surface area contributed by atoms with E-state index in [0.29, 0.717) is 15.8 Å². The number of carboxylic acid groups (broad SMARTS) is 1. The van der Waals surface area contributed by atoms with Gasteiger partial charge in [0.25, 0.3) is 0 Å². The van der Waals surface area contributed by atoms with Gasteiger partial charge in [-0.1, -0.05) is 30.9 Å². The summed E-state index contributed by atoms with van der Waals surface area (Å²) in [7, 11) is 1.71. The summed E-state index contributed by atoms with van der Waals surface area (Å²) in [5, 5.41) is 28.2. The number of aliphatic hydroxyl groups excluding tert-OH is 2. The highest BCUT2D eigenvalue weighted by Gasteiger charge is 2.60. The van der Waals surface area contributed by atoms with Crippen molar-refractivity contribution < 1.29 is 24.9 Å². The van der Waals surface area contributed by atoms with Crippen LogP contribution >= 0.6 is 24.0 Å². The van der Waals surface area contributed by atoms with Gasteiger partial charge >= 0.3 is 5.97 Å². The molecule has 4 atom stereocenters. The first kappa shape index (κ1) is 18.2. The average Bonchev–Trinajstić information content (AvgIpc) is 2.69. The first-order chi connectivity index (χ1) is 10.7. The number of amides is 1. The summed E-state index contributed by atoms with van der Waals surface area (Å²) in [5.74, 6) is -2.34. The van der Waals surface area contributed by atoms with Crippen LogP contribution in [0.2, 0.25) is 0 Å². The Kier molecular flexibility index (Phi) is 5.34. The molecule has 1 fully saturated rings. The largest absolute Gasteiger partial charge is 0.477 e. The van der Waals surface area contributed by atoms with Crippen LogP contribution in [-0.4, -0.2) is 73.7 Å². The highest BCUT2D eigenvalue weighted by molar-refractivity contribution is 8.25. The molecule has 0 aliphatic carbocycles. The zero-order chi connectivity index (χ0) is 17.5. The fraction of sp³-hybridized carbons (Fsp3) is 0.643. The normalized spacial score (nSPS) is 27.6. The molecule has 0 bridgehead atoms. The molecule has 0 aromatic rings. The van der Waals surface area contributed by atoms with Crippen molar-refractivity contribution in [2.24, 2.45) is 11.8 Å². The molecular formula is C14H20N2O5S2. The van der Waals surface area contributed by atoms with Crippen LogP contribution in [0.5, 0.6) is 0 Å². The lowest BCUT2D eigenvalue weighted by Gasteiger charge is -2.46. The van der Waals surface area contributed by atoms with Gasteiger partial charge in [0, 0.05) is 24.4 Å². The number of β-lactam (4-membered cyclic amide) rings is 1. The molecule has 2 rings (SSSR count). The second kappa shape index (κ2) is 6.76. The number of carboxylic acids is 1. The third-order valence-corrected chi connectivity index (χ3v) is 6.09. The van der Waals surface area contributed by atoms with E-state index in [-0.39, 0.29) is 30.2 Å². The minimum atomic E-state index is -1.17. The number of carbonyl (C=O) groups is 2. The van der Waals surface area contributed by atoms with Crippen LogP contribution in [0, 0.1) is 11.8 Å². The zero-order valence-corrected chi connectivity index (χ0v) is 14.7. The highest BCUT2D eigenvalue weighted by atomic mass is 32.2. The molecule has 2 aliphatic heterocycles. The van der Waals surface area contributed by atoms with Crippen molar-refractivity contribution in [1.82, 2.24) is 9.80 Å². The number of fused-ring (bicyclic) bond motifs is 1. The molecule has 23 heavy (non-hydrogen) atoms. The summed E-state index contributed by atoms with van der Waals surface area (Å²) in [6.45, 7) is 3.66. The molecule has 2 aliphatic rings. The van der Waals surface area contributed by atoms with Gasteiger partial charge in [-0.05, 0) is 6.92 Å². The minimum Gasteiger partial charge on any atom is -0.477 e. The van der Waals surface area contributed by atoms with Crippen LogP contribution in [-0.2, 0) is 9.59 Å². The first-order valence-corrected chi connectivity index (χ1v) is 8.47. The molecular weight excluding hydrogens is 340 g/mol. The smallest absolute Gasteiger partial charge is 0.353 e. The van der Waals surface area contributed by atoms with Crippen LogP contribution in [0.1, 0.15) is 13.8 Å². The van der Waals surface area contributed by atoms with Crippen molar-refractivity contribution in [3.05, 3.63) is 10.6 Å². The number of hydrogen-bond acceptors (Lipinski definition) is 6. The van der Waals surface area contributed by atoms with Gasteiger partial charge in [0.15, 0.2) is 0 Å². The molecule has 0 unspecified atom stereocenters. The molecule has 3 N–H and O–H groups in total. The van der Waals surface area contributed by atoms with E-state index in [2.05, 4.69) is 0 Å². The van der Waals surface area contributed by atoms with Crippen molar-refractivity contribution >= 4 is 40.2 Å². The van der Waals surface area contributed by atoms with E-state index in [4.69, 9.17) is 17.3 Å². The van der Waals surface area contributed by atoms with E-state index >= 15 is 0 Å². The molecule has 1 amide bonds. The van der Waals surface area contributed by atoms with Crippen LogP contribution in [0.3, 0.4) is 0 Å². The molecule has 7 nitrogen and oxygen atoms in total. The number of hydrogen-bond donors (Lipinski definition) is 3. The van der Waals surface area contributed by atoms with Crippen LogP contribution in [0.4, 0.5) is 0 Å². The Morgan fingerprint density at radius 1 is 1.52 bits per heavy atom. The SMILES string of the molecule is C[C@@H](O)[C@H]1C(=O)N2C(C(=O)O)=C(SC(=S)N(C)CCO)[C@H](C)[C@H]12. The molecule has 128 valence electrons. The Bertz CT molecular complexity index is 578.